The van der Waals surface area contributed by atoms with Crippen molar-refractivity contribution in [1.82, 2.24) is 10.2 Å². The number of sulfonamides is 1. The topological polar surface area (TPSA) is 96.0 Å². The first kappa shape index (κ1) is 36.7. The van der Waals surface area contributed by atoms with Gasteiger partial charge >= 0.3 is 0 Å². The molecule has 8 nitrogen and oxygen atoms in total. The van der Waals surface area contributed by atoms with Crippen molar-refractivity contribution in [3.05, 3.63) is 124 Å². The van der Waals surface area contributed by atoms with Crippen LogP contribution in [0.2, 0.25) is 10.0 Å². The van der Waals surface area contributed by atoms with Crippen molar-refractivity contribution in [1.29, 1.82) is 0 Å². The number of hydrogen-bond donors (Lipinski definition) is 1. The molecule has 2 atom stereocenters. The van der Waals surface area contributed by atoms with Crippen LogP contribution in [0.1, 0.15) is 38.3 Å². The average Bonchev–Trinajstić information content (AvgIpc) is 3.08. The Morgan fingerprint density at radius 3 is 2.15 bits per heavy atom. The van der Waals surface area contributed by atoms with Crippen LogP contribution in [0.4, 0.5) is 10.1 Å². The van der Waals surface area contributed by atoms with E-state index in [9.17, 15) is 22.4 Å². The van der Waals surface area contributed by atoms with Gasteiger partial charge in [-0.2, -0.15) is 0 Å². The van der Waals surface area contributed by atoms with Gasteiger partial charge in [-0.15, -0.1) is 0 Å². The minimum Gasteiger partial charge on any atom is -0.494 e. The predicted octanol–water partition coefficient (Wildman–Crippen LogP) is 7.28. The summed E-state index contributed by atoms with van der Waals surface area (Å²) in [5.41, 5.74) is 1.44. The summed E-state index contributed by atoms with van der Waals surface area (Å²) in [6.07, 6.45) is 0.807. The van der Waals surface area contributed by atoms with E-state index in [1.165, 1.54) is 41.3 Å². The summed E-state index contributed by atoms with van der Waals surface area (Å²) >= 11 is 12.5. The molecule has 0 aliphatic rings. The highest BCUT2D eigenvalue weighted by molar-refractivity contribution is 7.92. The fourth-order valence-corrected chi connectivity index (χ4v) is 6.70. The number of rotatable bonds is 15. The number of nitrogens with zero attached hydrogens (tertiary/aromatic N) is 2. The zero-order chi connectivity index (χ0) is 34.8. The second kappa shape index (κ2) is 16.8. The van der Waals surface area contributed by atoms with Crippen molar-refractivity contribution < 1.29 is 27.1 Å². The molecule has 4 aromatic rings. The minimum absolute atomic E-state index is 0.0665. The third kappa shape index (κ3) is 9.49. The van der Waals surface area contributed by atoms with Crippen LogP contribution in [0.5, 0.6) is 5.75 Å². The lowest BCUT2D eigenvalue weighted by atomic mass is 10.0. The Hall–Kier alpha value is -4.12. The lowest BCUT2D eigenvalue weighted by Crippen LogP contribution is -2.54. The van der Waals surface area contributed by atoms with Crippen LogP contribution in [0, 0.1) is 5.82 Å². The summed E-state index contributed by atoms with van der Waals surface area (Å²) in [5, 5.41) is 3.57. The van der Waals surface area contributed by atoms with Gasteiger partial charge in [0.1, 0.15) is 24.2 Å². The third-order valence-corrected chi connectivity index (χ3v) is 10.3. The van der Waals surface area contributed by atoms with Gasteiger partial charge < -0.3 is 15.0 Å². The zero-order valence-corrected chi connectivity index (χ0v) is 29.2. The van der Waals surface area contributed by atoms with Crippen molar-refractivity contribution in [2.75, 3.05) is 17.5 Å². The summed E-state index contributed by atoms with van der Waals surface area (Å²) in [6.45, 7) is 5.23. The number of nitrogens with one attached hydrogen (secondary N) is 1. The molecule has 48 heavy (non-hydrogen) atoms. The summed E-state index contributed by atoms with van der Waals surface area (Å²) in [5.74, 6) is -1.16. The fourth-order valence-electron chi connectivity index (χ4n) is 4.97. The highest BCUT2D eigenvalue weighted by Crippen LogP contribution is 2.28. The van der Waals surface area contributed by atoms with Crippen molar-refractivity contribution in [3.8, 4) is 5.75 Å². The molecule has 0 saturated carbocycles. The summed E-state index contributed by atoms with van der Waals surface area (Å²) in [6, 6.07) is 23.5. The van der Waals surface area contributed by atoms with Gasteiger partial charge in [0, 0.05) is 19.0 Å². The largest absolute Gasteiger partial charge is 0.494 e. The molecule has 0 unspecified atom stereocenters. The maximum atomic E-state index is 14.5. The Bertz CT molecular complexity index is 1790. The highest BCUT2D eigenvalue weighted by Gasteiger charge is 2.35. The maximum absolute atomic E-state index is 14.5. The predicted molar refractivity (Wildman–Crippen MR) is 187 cm³/mol. The molecule has 2 amide bonds. The van der Waals surface area contributed by atoms with Crippen LogP contribution >= 0.6 is 23.2 Å². The normalized spacial score (nSPS) is 12.5. The van der Waals surface area contributed by atoms with Gasteiger partial charge in [0.15, 0.2) is 0 Å². The van der Waals surface area contributed by atoms with Gasteiger partial charge in [-0.3, -0.25) is 13.9 Å². The van der Waals surface area contributed by atoms with Crippen LogP contribution in [0.3, 0.4) is 0 Å². The van der Waals surface area contributed by atoms with Gasteiger partial charge in [0.2, 0.25) is 11.8 Å². The van der Waals surface area contributed by atoms with Crippen molar-refractivity contribution in [2.45, 2.75) is 57.1 Å². The number of halogens is 3. The third-order valence-electron chi connectivity index (χ3n) is 7.73. The Labute approximate surface area is 291 Å². The van der Waals surface area contributed by atoms with Gasteiger partial charge in [-0.1, -0.05) is 66.5 Å². The molecule has 0 radical (unpaired) electrons. The molecule has 0 heterocycles. The quantitative estimate of drug-likeness (QED) is 0.140. The molecule has 0 spiro atoms. The Balaban J connectivity index is 1.81. The number of ether oxygens (including phenoxy) is 1. The lowest BCUT2D eigenvalue weighted by molar-refractivity contribution is -0.140. The van der Waals surface area contributed by atoms with Gasteiger partial charge in [0.25, 0.3) is 10.0 Å². The van der Waals surface area contributed by atoms with E-state index in [-0.39, 0.29) is 34.6 Å². The van der Waals surface area contributed by atoms with E-state index in [4.69, 9.17) is 27.9 Å². The van der Waals surface area contributed by atoms with Crippen LogP contribution in [0.25, 0.3) is 0 Å². The van der Waals surface area contributed by atoms with E-state index in [1.807, 2.05) is 51.1 Å². The summed E-state index contributed by atoms with van der Waals surface area (Å²) in [4.78, 5) is 29.7. The average molecular weight is 715 g/mol. The zero-order valence-electron chi connectivity index (χ0n) is 26.9. The maximum Gasteiger partial charge on any atom is 0.264 e. The van der Waals surface area contributed by atoms with Crippen LogP contribution in [-0.2, 0) is 32.6 Å². The molecule has 0 saturated heterocycles. The number of anilines is 1. The molecule has 12 heteroatoms. The molecule has 0 fully saturated rings. The number of carbonyl (C=O) groups is 2. The number of hydrogen-bond acceptors (Lipinski definition) is 5. The summed E-state index contributed by atoms with van der Waals surface area (Å²) in [7, 11) is -4.37. The van der Waals surface area contributed by atoms with Crippen LogP contribution < -0.4 is 14.4 Å². The van der Waals surface area contributed by atoms with E-state index in [1.54, 1.807) is 18.2 Å². The number of carbonyl (C=O) groups excluding carboxylic acids is 2. The fraction of sp³-hybridized carbons (Fsp3) is 0.278. The molecular weight excluding hydrogens is 676 g/mol. The molecule has 4 aromatic carbocycles. The van der Waals surface area contributed by atoms with Crippen molar-refractivity contribution >= 4 is 50.7 Å². The van der Waals surface area contributed by atoms with Crippen molar-refractivity contribution in [3.63, 3.8) is 0 Å². The molecule has 0 bridgehead atoms. The Kier molecular flexibility index (Phi) is 12.9. The van der Waals surface area contributed by atoms with E-state index >= 15 is 0 Å². The molecule has 254 valence electrons. The molecule has 0 aromatic heterocycles. The molecule has 1 N–H and O–H groups in total. The SMILES string of the molecule is CCOc1ccc(S(=O)(=O)N(CC(=O)N(Cc2ccc(Cl)c(Cl)c2)[C@H](Cc2ccccc2)C(=O)N[C@@H](C)CC)c2ccc(F)cc2)cc1. The highest BCUT2D eigenvalue weighted by atomic mass is 35.5. The first-order valence-electron chi connectivity index (χ1n) is 15.5. The number of benzene rings is 4. The van der Waals surface area contributed by atoms with Gasteiger partial charge in [-0.05, 0) is 92.1 Å². The van der Waals surface area contributed by atoms with Crippen molar-refractivity contribution in [2.24, 2.45) is 0 Å². The van der Waals surface area contributed by atoms with Crippen LogP contribution in [-0.4, -0.2) is 50.4 Å². The van der Waals surface area contributed by atoms with E-state index < -0.39 is 40.2 Å². The second-order valence-electron chi connectivity index (χ2n) is 11.2. The summed E-state index contributed by atoms with van der Waals surface area (Å²) < 4.78 is 48.7. The molecule has 0 aliphatic carbocycles. The Morgan fingerprint density at radius 1 is 0.875 bits per heavy atom. The van der Waals surface area contributed by atoms with E-state index in [2.05, 4.69) is 5.32 Å². The monoisotopic (exact) mass is 713 g/mol. The van der Waals surface area contributed by atoms with Crippen LogP contribution in [0.15, 0.2) is 102 Å². The smallest absolute Gasteiger partial charge is 0.264 e. The minimum atomic E-state index is -4.37. The first-order chi connectivity index (χ1) is 22.9. The molecule has 4 rings (SSSR count). The first-order valence-corrected chi connectivity index (χ1v) is 17.7. The lowest BCUT2D eigenvalue weighted by Gasteiger charge is -2.34. The number of amides is 2. The molecule has 0 aliphatic heterocycles. The van der Waals surface area contributed by atoms with E-state index in [0.717, 1.165) is 22.0 Å². The Morgan fingerprint density at radius 2 is 1.54 bits per heavy atom. The van der Waals surface area contributed by atoms with E-state index in [0.29, 0.717) is 29.4 Å². The second-order valence-corrected chi connectivity index (χ2v) is 13.9. The van der Waals surface area contributed by atoms with Gasteiger partial charge in [-0.25, -0.2) is 12.8 Å². The standard InChI is InChI=1S/C36H38Cl2FN3O5S/c1-4-25(3)40-36(44)34(22-26-9-7-6-8-10-26)41(23-27-11-20-32(37)33(38)21-27)35(43)24-42(29-14-12-28(39)13-15-29)48(45,46)31-18-16-30(17-19-31)47-5-2/h6-21,25,34H,4-5,22-24H2,1-3H3,(H,40,44)/t25-,34+/m0/s1. The molecular formula is C36H38Cl2FN3O5S. The van der Waals surface area contributed by atoms with Gasteiger partial charge in [0.05, 0.1) is 27.2 Å².